The predicted molar refractivity (Wildman–Crippen MR) is 232 cm³/mol. The number of rotatable bonds is 3. The fourth-order valence-electron chi connectivity index (χ4n) is 9.42. The summed E-state index contributed by atoms with van der Waals surface area (Å²) in [6, 6.07) is 70.8. The van der Waals surface area contributed by atoms with Gasteiger partial charge in [-0.3, -0.25) is 0 Å². The summed E-state index contributed by atoms with van der Waals surface area (Å²) in [6.45, 7) is 0. The van der Waals surface area contributed by atoms with Gasteiger partial charge in [0.25, 0.3) is 0 Å². The molecule has 0 fully saturated rings. The van der Waals surface area contributed by atoms with Crippen molar-refractivity contribution in [1.29, 1.82) is 0 Å². The van der Waals surface area contributed by atoms with Crippen LogP contribution in [-0.2, 0) is 5.41 Å². The Balaban J connectivity index is 1.12. The first-order valence-corrected chi connectivity index (χ1v) is 20.0. The van der Waals surface area contributed by atoms with Crippen LogP contribution in [0.1, 0.15) is 22.3 Å². The topological polar surface area (TPSA) is 25.8 Å². The van der Waals surface area contributed by atoms with Crippen LogP contribution in [0.15, 0.2) is 204 Å². The van der Waals surface area contributed by atoms with Gasteiger partial charge < -0.3 is 0 Å². The molecule has 3 heteroatoms. The van der Waals surface area contributed by atoms with E-state index in [1.165, 1.54) is 75.8 Å². The van der Waals surface area contributed by atoms with E-state index < -0.39 is 5.41 Å². The van der Waals surface area contributed by atoms with E-state index in [0.717, 1.165) is 33.5 Å². The SMILES string of the molecule is c1ccc(-c2ccc(-c3nc(-c4ccc5c(c4)C4(c6ccccc6-5)c5ccc6ccccc6c5Sc5c4ccc4ccccc54)nc4ccccc34)cc2)cc1. The molecule has 1 spiro atoms. The Labute approximate surface area is 329 Å². The first kappa shape index (κ1) is 31.5. The van der Waals surface area contributed by atoms with Crippen LogP contribution >= 0.6 is 11.8 Å². The Bertz CT molecular complexity index is 3140. The van der Waals surface area contributed by atoms with Gasteiger partial charge in [0.1, 0.15) is 0 Å². The minimum Gasteiger partial charge on any atom is -0.228 e. The molecule has 2 aliphatic rings. The summed E-state index contributed by atoms with van der Waals surface area (Å²) in [5.74, 6) is 0.724. The molecule has 9 aromatic carbocycles. The summed E-state index contributed by atoms with van der Waals surface area (Å²) in [7, 11) is 0. The number of nitrogens with zero attached hydrogens (tertiary/aromatic N) is 2. The van der Waals surface area contributed by atoms with E-state index in [1.54, 1.807) is 0 Å². The van der Waals surface area contributed by atoms with Gasteiger partial charge in [-0.05, 0) is 78.2 Å². The first-order valence-electron chi connectivity index (χ1n) is 19.2. The highest BCUT2D eigenvalue weighted by Crippen LogP contribution is 2.64. The number of aromatic nitrogens is 2. The third-order valence-corrected chi connectivity index (χ3v) is 13.2. The average Bonchev–Trinajstić information content (AvgIpc) is 3.56. The normalized spacial score (nSPS) is 13.4. The maximum absolute atomic E-state index is 5.41. The van der Waals surface area contributed by atoms with Crippen molar-refractivity contribution in [1.82, 2.24) is 9.97 Å². The van der Waals surface area contributed by atoms with Crippen LogP contribution in [-0.4, -0.2) is 9.97 Å². The lowest BCUT2D eigenvalue weighted by molar-refractivity contribution is 0.729. The summed E-state index contributed by atoms with van der Waals surface area (Å²) >= 11 is 1.93. The Hall–Kier alpha value is -6.81. The zero-order valence-electron chi connectivity index (χ0n) is 30.3. The van der Waals surface area contributed by atoms with Crippen molar-refractivity contribution in [2.75, 3.05) is 0 Å². The van der Waals surface area contributed by atoms with Crippen molar-refractivity contribution in [2.24, 2.45) is 0 Å². The van der Waals surface area contributed by atoms with E-state index in [9.17, 15) is 0 Å². The fraction of sp³-hybridized carbons (Fsp3) is 0.0189. The Morgan fingerprint density at radius 1 is 0.357 bits per heavy atom. The maximum atomic E-state index is 5.41. The van der Waals surface area contributed by atoms with E-state index in [4.69, 9.17) is 9.97 Å². The molecule has 0 bridgehead atoms. The van der Waals surface area contributed by atoms with Crippen molar-refractivity contribution >= 4 is 44.2 Å². The molecule has 0 unspecified atom stereocenters. The van der Waals surface area contributed by atoms with Crippen LogP contribution in [0.3, 0.4) is 0 Å². The van der Waals surface area contributed by atoms with Gasteiger partial charge in [0, 0.05) is 26.3 Å². The minimum atomic E-state index is -0.543. The first-order chi connectivity index (χ1) is 27.8. The van der Waals surface area contributed by atoms with Gasteiger partial charge >= 0.3 is 0 Å². The maximum Gasteiger partial charge on any atom is 0.160 e. The second-order valence-corrected chi connectivity index (χ2v) is 15.9. The monoisotopic (exact) mass is 728 g/mol. The second kappa shape index (κ2) is 12.1. The van der Waals surface area contributed by atoms with Crippen LogP contribution in [0.2, 0.25) is 0 Å². The predicted octanol–water partition coefficient (Wildman–Crippen LogP) is 13.8. The fourth-order valence-corrected chi connectivity index (χ4v) is 10.9. The van der Waals surface area contributed by atoms with Gasteiger partial charge in [0.15, 0.2) is 5.82 Å². The molecular weight excluding hydrogens is 697 g/mol. The molecule has 56 heavy (non-hydrogen) atoms. The highest BCUT2D eigenvalue weighted by atomic mass is 32.2. The van der Waals surface area contributed by atoms with Crippen LogP contribution in [0.4, 0.5) is 0 Å². The molecule has 1 aliphatic heterocycles. The Morgan fingerprint density at radius 3 is 1.64 bits per heavy atom. The average molecular weight is 729 g/mol. The molecule has 0 saturated heterocycles. The molecule has 2 heterocycles. The Morgan fingerprint density at radius 2 is 0.911 bits per heavy atom. The van der Waals surface area contributed by atoms with E-state index in [2.05, 4.69) is 194 Å². The van der Waals surface area contributed by atoms with Crippen LogP contribution in [0.25, 0.3) is 77.3 Å². The number of hydrogen-bond acceptors (Lipinski definition) is 3. The van der Waals surface area contributed by atoms with E-state index >= 15 is 0 Å². The molecule has 1 aliphatic carbocycles. The van der Waals surface area contributed by atoms with Crippen molar-refractivity contribution in [3.63, 3.8) is 0 Å². The lowest BCUT2D eigenvalue weighted by atomic mass is 9.66. The highest BCUT2D eigenvalue weighted by molar-refractivity contribution is 8.00. The summed E-state index contributed by atoms with van der Waals surface area (Å²) in [5.41, 5.74) is 13.6. The molecule has 10 aromatic rings. The highest BCUT2D eigenvalue weighted by Gasteiger charge is 2.51. The molecular formula is C53H32N2S. The summed E-state index contributed by atoms with van der Waals surface area (Å²) in [4.78, 5) is 13.3. The van der Waals surface area contributed by atoms with E-state index in [0.29, 0.717) is 0 Å². The van der Waals surface area contributed by atoms with E-state index in [1.807, 2.05) is 11.8 Å². The molecule has 0 saturated carbocycles. The Kier molecular flexibility index (Phi) is 6.81. The van der Waals surface area contributed by atoms with Crippen molar-refractivity contribution in [3.05, 3.63) is 216 Å². The zero-order valence-corrected chi connectivity index (χ0v) is 31.1. The van der Waals surface area contributed by atoms with Gasteiger partial charge in [-0.15, -0.1) is 0 Å². The van der Waals surface area contributed by atoms with Crippen molar-refractivity contribution in [2.45, 2.75) is 15.2 Å². The third-order valence-electron chi connectivity index (χ3n) is 11.9. The van der Waals surface area contributed by atoms with Gasteiger partial charge in [0.2, 0.25) is 0 Å². The lowest BCUT2D eigenvalue weighted by Gasteiger charge is -2.40. The number of benzene rings is 9. The molecule has 12 rings (SSSR count). The summed E-state index contributed by atoms with van der Waals surface area (Å²) in [5, 5.41) is 6.13. The molecule has 2 nitrogen and oxygen atoms in total. The van der Waals surface area contributed by atoms with Gasteiger partial charge in [-0.1, -0.05) is 194 Å². The molecule has 1 aromatic heterocycles. The third kappa shape index (κ3) is 4.46. The van der Waals surface area contributed by atoms with E-state index in [-0.39, 0.29) is 0 Å². The zero-order chi connectivity index (χ0) is 36.8. The minimum absolute atomic E-state index is 0.543. The van der Waals surface area contributed by atoms with Gasteiger partial charge in [-0.25, -0.2) is 9.97 Å². The van der Waals surface area contributed by atoms with Gasteiger partial charge in [0.05, 0.1) is 16.6 Å². The standard InChI is InChI=1S/C53H32N2S/c1-2-12-33(13-3-1)34-22-24-37(25-23-34)49-43-19-9-11-21-48(43)54-52(55-49)38-26-29-42-41-18-8-10-20-44(41)53(47(42)32-38)45-30-27-35-14-4-6-16-39(35)50(45)56-51-40-17-7-5-15-36(40)28-31-46(51)53/h1-32H. The summed E-state index contributed by atoms with van der Waals surface area (Å²) in [6.07, 6.45) is 0. The number of fused-ring (bicyclic) bond motifs is 14. The molecule has 0 radical (unpaired) electrons. The number of hydrogen-bond donors (Lipinski definition) is 0. The van der Waals surface area contributed by atoms with Crippen molar-refractivity contribution in [3.8, 4) is 44.9 Å². The summed E-state index contributed by atoms with van der Waals surface area (Å²) < 4.78 is 0. The van der Waals surface area contributed by atoms with Crippen molar-refractivity contribution < 1.29 is 0 Å². The van der Waals surface area contributed by atoms with Crippen LogP contribution in [0, 0.1) is 0 Å². The molecule has 0 atom stereocenters. The smallest absolute Gasteiger partial charge is 0.160 e. The quantitative estimate of drug-likeness (QED) is 0.181. The van der Waals surface area contributed by atoms with Gasteiger partial charge in [-0.2, -0.15) is 0 Å². The molecule has 0 N–H and O–H groups in total. The second-order valence-electron chi connectivity index (χ2n) is 14.8. The largest absolute Gasteiger partial charge is 0.228 e. The molecule has 0 amide bonds. The number of para-hydroxylation sites is 1. The van der Waals surface area contributed by atoms with Crippen LogP contribution in [0.5, 0.6) is 0 Å². The lowest BCUT2D eigenvalue weighted by Crippen LogP contribution is -2.32. The van der Waals surface area contributed by atoms with Crippen LogP contribution < -0.4 is 0 Å². The molecule has 260 valence electrons.